The lowest BCUT2D eigenvalue weighted by molar-refractivity contribution is -0.385. The zero-order valence-electron chi connectivity index (χ0n) is 9.01. The van der Waals surface area contributed by atoms with Crippen molar-refractivity contribution in [3.05, 3.63) is 27.9 Å². The molecule has 7 nitrogen and oxygen atoms in total. The summed E-state index contributed by atoms with van der Waals surface area (Å²) >= 11 is 0. The van der Waals surface area contributed by atoms with Crippen LogP contribution in [-0.2, 0) is 0 Å². The first-order chi connectivity index (χ1) is 7.47. The minimum absolute atomic E-state index is 0.0400. The Morgan fingerprint density at radius 1 is 1.69 bits per heavy atom. The summed E-state index contributed by atoms with van der Waals surface area (Å²) in [5.41, 5.74) is 5.03. The van der Waals surface area contributed by atoms with Crippen molar-refractivity contribution in [1.29, 1.82) is 0 Å². The monoisotopic (exact) mass is 224 g/mol. The maximum atomic E-state index is 11.8. The van der Waals surface area contributed by atoms with E-state index in [2.05, 4.69) is 4.98 Å². The molecule has 0 radical (unpaired) electrons. The Morgan fingerprint density at radius 2 is 2.31 bits per heavy atom. The number of hydrogen-bond acceptors (Lipinski definition) is 5. The van der Waals surface area contributed by atoms with Crippen LogP contribution in [0.3, 0.4) is 0 Å². The maximum Gasteiger partial charge on any atom is 0.300 e. The Hall–Kier alpha value is -2.18. The maximum absolute atomic E-state index is 11.8. The molecule has 0 fully saturated rings. The average Bonchev–Trinajstić information content (AvgIpc) is 2.26. The van der Waals surface area contributed by atoms with Crippen LogP contribution in [0.1, 0.15) is 17.3 Å². The largest absolute Gasteiger partial charge is 0.384 e. The van der Waals surface area contributed by atoms with Gasteiger partial charge >= 0.3 is 0 Å². The molecule has 0 aromatic carbocycles. The third-order valence-electron chi connectivity index (χ3n) is 2.15. The fourth-order valence-corrected chi connectivity index (χ4v) is 1.13. The van der Waals surface area contributed by atoms with E-state index in [4.69, 9.17) is 5.73 Å². The highest BCUT2D eigenvalue weighted by molar-refractivity contribution is 5.98. The quantitative estimate of drug-likeness (QED) is 0.600. The number of aromatic nitrogens is 1. The van der Waals surface area contributed by atoms with Crippen LogP contribution in [-0.4, -0.2) is 34.3 Å². The Labute approximate surface area is 92.0 Å². The van der Waals surface area contributed by atoms with Gasteiger partial charge in [-0.1, -0.05) is 0 Å². The topological polar surface area (TPSA) is 102 Å². The highest BCUT2D eigenvalue weighted by atomic mass is 16.6. The van der Waals surface area contributed by atoms with Crippen molar-refractivity contribution in [2.45, 2.75) is 6.92 Å². The van der Waals surface area contributed by atoms with E-state index in [1.807, 2.05) is 0 Å². The molecule has 1 aromatic heterocycles. The summed E-state index contributed by atoms with van der Waals surface area (Å²) in [5, 5.41) is 10.7. The molecule has 0 unspecified atom stereocenters. The molecular formula is C9H12N4O3. The van der Waals surface area contributed by atoms with Gasteiger partial charge in [-0.15, -0.1) is 0 Å². The fourth-order valence-electron chi connectivity index (χ4n) is 1.13. The second-order valence-corrected chi connectivity index (χ2v) is 3.20. The van der Waals surface area contributed by atoms with Gasteiger partial charge in [0.1, 0.15) is 17.6 Å². The Balaban J connectivity index is 3.24. The number of nitrogens with two attached hydrogens (primary N) is 1. The molecule has 2 N–H and O–H groups in total. The number of nitro groups is 1. The van der Waals surface area contributed by atoms with Crippen LogP contribution in [0.15, 0.2) is 12.3 Å². The summed E-state index contributed by atoms with van der Waals surface area (Å²) in [6.45, 7) is 2.23. The molecule has 1 amide bonds. The highest BCUT2D eigenvalue weighted by Crippen LogP contribution is 2.20. The molecule has 1 aromatic rings. The lowest BCUT2D eigenvalue weighted by Crippen LogP contribution is -2.27. The third-order valence-corrected chi connectivity index (χ3v) is 2.15. The van der Waals surface area contributed by atoms with Gasteiger partial charge in [0.05, 0.1) is 4.92 Å². The van der Waals surface area contributed by atoms with Crippen LogP contribution in [0, 0.1) is 10.1 Å². The van der Waals surface area contributed by atoms with Crippen molar-refractivity contribution >= 4 is 17.4 Å². The van der Waals surface area contributed by atoms with E-state index in [1.54, 1.807) is 14.0 Å². The van der Waals surface area contributed by atoms with Crippen LogP contribution >= 0.6 is 0 Å². The lowest BCUT2D eigenvalue weighted by atomic mass is 10.2. The minimum Gasteiger partial charge on any atom is -0.384 e. The molecule has 0 saturated heterocycles. The molecule has 0 atom stereocenters. The number of nitrogens with zero attached hydrogens (tertiary/aromatic N) is 3. The summed E-state index contributed by atoms with van der Waals surface area (Å²) in [6, 6.07) is 1.21. The van der Waals surface area contributed by atoms with Gasteiger partial charge in [-0.05, 0) is 13.0 Å². The van der Waals surface area contributed by atoms with Gasteiger partial charge in [-0.25, -0.2) is 4.98 Å². The predicted octanol–water partition coefficient (Wildman–Crippen LogP) is 0.664. The van der Waals surface area contributed by atoms with E-state index in [0.29, 0.717) is 6.54 Å². The number of rotatable bonds is 3. The van der Waals surface area contributed by atoms with Crippen molar-refractivity contribution in [2.24, 2.45) is 0 Å². The number of carbonyl (C=O) groups is 1. The number of nitrogen functional groups attached to an aromatic ring is 1. The average molecular weight is 224 g/mol. The molecule has 7 heteroatoms. The molecule has 1 rings (SSSR count). The van der Waals surface area contributed by atoms with E-state index in [1.165, 1.54) is 11.0 Å². The fraction of sp³-hybridized carbons (Fsp3) is 0.333. The van der Waals surface area contributed by atoms with Gasteiger partial charge in [0.2, 0.25) is 0 Å². The minimum atomic E-state index is -0.650. The number of carbonyl (C=O) groups excluding carboxylic acids is 1. The molecule has 0 bridgehead atoms. The van der Waals surface area contributed by atoms with Crippen molar-refractivity contribution < 1.29 is 9.72 Å². The van der Waals surface area contributed by atoms with E-state index in [9.17, 15) is 14.9 Å². The van der Waals surface area contributed by atoms with Crippen LogP contribution in [0.2, 0.25) is 0 Å². The van der Waals surface area contributed by atoms with Gasteiger partial charge < -0.3 is 10.6 Å². The molecule has 0 aliphatic rings. The molecule has 16 heavy (non-hydrogen) atoms. The van der Waals surface area contributed by atoms with Gasteiger partial charge in [0.25, 0.3) is 11.6 Å². The van der Waals surface area contributed by atoms with Gasteiger partial charge in [0, 0.05) is 13.6 Å². The molecule has 86 valence electrons. The summed E-state index contributed by atoms with van der Waals surface area (Å²) < 4.78 is 0. The number of amides is 1. The van der Waals surface area contributed by atoms with Crippen molar-refractivity contribution in [2.75, 3.05) is 19.3 Å². The van der Waals surface area contributed by atoms with Gasteiger partial charge in [-0.3, -0.25) is 14.9 Å². The van der Waals surface area contributed by atoms with Crippen LogP contribution in [0.25, 0.3) is 0 Å². The highest BCUT2D eigenvalue weighted by Gasteiger charge is 2.23. The normalized spacial score (nSPS) is 9.88. The lowest BCUT2D eigenvalue weighted by Gasteiger charge is -2.14. The Bertz CT molecular complexity index is 433. The molecule has 0 spiro atoms. The summed E-state index contributed by atoms with van der Waals surface area (Å²) in [7, 11) is 1.56. The number of pyridine rings is 1. The van der Waals surface area contributed by atoms with E-state index >= 15 is 0 Å². The Morgan fingerprint density at radius 3 is 2.81 bits per heavy atom. The van der Waals surface area contributed by atoms with Gasteiger partial charge in [0.15, 0.2) is 0 Å². The summed E-state index contributed by atoms with van der Waals surface area (Å²) in [6.07, 6.45) is 0.992. The summed E-state index contributed by atoms with van der Waals surface area (Å²) in [5.74, 6) is -0.359. The number of hydrogen-bond donors (Lipinski definition) is 1. The zero-order chi connectivity index (χ0) is 12.3. The van der Waals surface area contributed by atoms with E-state index in [-0.39, 0.29) is 17.1 Å². The standard InChI is InChI=1S/C9H12N4O3/c1-3-12(2)9(14)6-4-8(10)11-5-7(6)13(15)16/h4-5H,3H2,1-2H3,(H2,10,11). The third kappa shape index (κ3) is 2.25. The van der Waals surface area contributed by atoms with Crippen molar-refractivity contribution in [3.63, 3.8) is 0 Å². The number of anilines is 1. The molecular weight excluding hydrogens is 212 g/mol. The van der Waals surface area contributed by atoms with Crippen LogP contribution < -0.4 is 5.73 Å². The zero-order valence-corrected chi connectivity index (χ0v) is 9.01. The van der Waals surface area contributed by atoms with Crippen LogP contribution in [0.4, 0.5) is 11.5 Å². The van der Waals surface area contributed by atoms with Crippen LogP contribution in [0.5, 0.6) is 0 Å². The second-order valence-electron chi connectivity index (χ2n) is 3.20. The molecule has 1 heterocycles. The Kier molecular flexibility index (Phi) is 3.39. The summed E-state index contributed by atoms with van der Waals surface area (Å²) in [4.78, 5) is 26.8. The second kappa shape index (κ2) is 4.56. The van der Waals surface area contributed by atoms with E-state index < -0.39 is 10.8 Å². The molecule has 0 saturated carbocycles. The first-order valence-electron chi connectivity index (χ1n) is 4.62. The SMILES string of the molecule is CCN(C)C(=O)c1cc(N)ncc1[N+](=O)[O-]. The smallest absolute Gasteiger partial charge is 0.300 e. The molecule has 0 aliphatic carbocycles. The van der Waals surface area contributed by atoms with Crippen molar-refractivity contribution in [1.82, 2.24) is 9.88 Å². The molecule has 0 aliphatic heterocycles. The van der Waals surface area contributed by atoms with Gasteiger partial charge in [-0.2, -0.15) is 0 Å². The first-order valence-corrected chi connectivity index (χ1v) is 4.62. The van der Waals surface area contributed by atoms with E-state index in [0.717, 1.165) is 6.20 Å². The van der Waals surface area contributed by atoms with Crippen molar-refractivity contribution in [3.8, 4) is 0 Å². The predicted molar refractivity (Wildman–Crippen MR) is 57.9 cm³/mol. The first kappa shape index (κ1) is 11.9.